The standard InChI is InChI=1S/C21H20ClN5O4S/c1-10-16(22)12(8-23)17(24-10)19(28)25-13-6-7-27(9-15(13)31-2)21-26-14-5-3-4-11(20(29)30)18(14)32-21/h3-5,13,15,24H,6-7,9H2,1-2H3,(H,25,28)(H,29,30). The SMILES string of the molecule is COC1CN(c2nc3cccc(C(=O)O)c3s2)CCC1NC(=O)c1[nH]c(C)c(Cl)c1C#N. The van der Waals surface area contributed by atoms with E-state index in [1.807, 2.05) is 11.0 Å². The molecule has 1 amide bonds. The number of methoxy groups -OCH3 is 1. The topological polar surface area (TPSA) is 131 Å². The number of fused-ring (bicyclic) bond motifs is 1. The number of carboxylic acid groups (broad SMARTS) is 1. The summed E-state index contributed by atoms with van der Waals surface area (Å²) in [7, 11) is 1.57. The Morgan fingerprint density at radius 3 is 2.94 bits per heavy atom. The van der Waals surface area contributed by atoms with Gasteiger partial charge in [-0.1, -0.05) is 29.0 Å². The number of carbonyl (C=O) groups excluding carboxylic acids is 1. The molecule has 1 aromatic carbocycles. The van der Waals surface area contributed by atoms with Gasteiger partial charge in [0, 0.05) is 25.9 Å². The largest absolute Gasteiger partial charge is 0.478 e. The molecule has 4 rings (SSSR count). The second kappa shape index (κ2) is 8.78. The number of aromatic carboxylic acids is 1. The number of nitriles is 1. The third kappa shape index (κ3) is 3.90. The van der Waals surface area contributed by atoms with Crippen LogP contribution in [0.3, 0.4) is 0 Å². The molecule has 3 heterocycles. The van der Waals surface area contributed by atoms with Crippen LogP contribution in [0.25, 0.3) is 10.2 Å². The van der Waals surface area contributed by atoms with Crippen LogP contribution in [0.4, 0.5) is 5.13 Å². The molecule has 0 saturated carbocycles. The Bertz CT molecular complexity index is 1250. The predicted molar refractivity (Wildman–Crippen MR) is 121 cm³/mol. The van der Waals surface area contributed by atoms with Gasteiger partial charge in [0.05, 0.1) is 32.9 Å². The lowest BCUT2D eigenvalue weighted by molar-refractivity contribution is 0.0540. The normalized spacial score (nSPS) is 18.5. The first-order valence-corrected chi connectivity index (χ1v) is 11.0. The van der Waals surface area contributed by atoms with Crippen LogP contribution in [-0.2, 0) is 4.74 Å². The Balaban J connectivity index is 1.51. The van der Waals surface area contributed by atoms with E-state index in [0.29, 0.717) is 40.6 Å². The van der Waals surface area contributed by atoms with Gasteiger partial charge >= 0.3 is 5.97 Å². The van der Waals surface area contributed by atoms with Gasteiger partial charge in [-0.05, 0) is 25.5 Å². The van der Waals surface area contributed by atoms with Crippen molar-refractivity contribution in [2.24, 2.45) is 0 Å². The average molecular weight is 474 g/mol. The minimum Gasteiger partial charge on any atom is -0.478 e. The first kappa shape index (κ1) is 22.1. The van der Waals surface area contributed by atoms with E-state index in [1.165, 1.54) is 11.3 Å². The highest BCUT2D eigenvalue weighted by Gasteiger charge is 2.33. The average Bonchev–Trinajstić information content (AvgIpc) is 3.34. The highest BCUT2D eigenvalue weighted by atomic mass is 35.5. The van der Waals surface area contributed by atoms with Crippen LogP contribution in [0.2, 0.25) is 5.02 Å². The molecule has 166 valence electrons. The summed E-state index contributed by atoms with van der Waals surface area (Å²) in [6.45, 7) is 2.77. The van der Waals surface area contributed by atoms with E-state index in [0.717, 1.165) is 0 Å². The smallest absolute Gasteiger partial charge is 0.337 e. The van der Waals surface area contributed by atoms with Gasteiger partial charge in [0.25, 0.3) is 5.91 Å². The number of benzene rings is 1. The number of carboxylic acids is 1. The molecule has 2 aromatic heterocycles. The number of rotatable bonds is 5. The van der Waals surface area contributed by atoms with Gasteiger partial charge in [-0.2, -0.15) is 5.26 Å². The fraction of sp³-hybridized carbons (Fsp3) is 0.333. The zero-order valence-corrected chi connectivity index (χ0v) is 18.9. The lowest BCUT2D eigenvalue weighted by Crippen LogP contribution is -2.55. The molecule has 1 aliphatic rings. The molecule has 0 bridgehead atoms. The van der Waals surface area contributed by atoms with E-state index in [1.54, 1.807) is 32.2 Å². The maximum Gasteiger partial charge on any atom is 0.337 e. The molecular formula is C21H20ClN5O4S. The molecule has 9 nitrogen and oxygen atoms in total. The molecular weight excluding hydrogens is 454 g/mol. The summed E-state index contributed by atoms with van der Waals surface area (Å²) < 4.78 is 6.27. The van der Waals surface area contributed by atoms with Gasteiger partial charge < -0.3 is 25.0 Å². The molecule has 3 N–H and O–H groups in total. The van der Waals surface area contributed by atoms with Gasteiger partial charge in [0.15, 0.2) is 5.13 Å². The number of carbonyl (C=O) groups is 2. The first-order chi connectivity index (χ1) is 15.3. The van der Waals surface area contributed by atoms with Crippen LogP contribution in [0, 0.1) is 18.3 Å². The number of thiazole rings is 1. The van der Waals surface area contributed by atoms with E-state index >= 15 is 0 Å². The van der Waals surface area contributed by atoms with Crippen LogP contribution in [0.15, 0.2) is 18.2 Å². The summed E-state index contributed by atoms with van der Waals surface area (Å²) in [6.07, 6.45) is 0.261. The zero-order chi connectivity index (χ0) is 23.0. The monoisotopic (exact) mass is 473 g/mol. The van der Waals surface area contributed by atoms with Gasteiger partial charge in [0.1, 0.15) is 17.3 Å². The fourth-order valence-electron chi connectivity index (χ4n) is 3.85. The number of nitrogens with zero attached hydrogens (tertiary/aromatic N) is 3. The highest BCUT2D eigenvalue weighted by molar-refractivity contribution is 7.22. The van der Waals surface area contributed by atoms with Crippen molar-refractivity contribution < 1.29 is 19.4 Å². The third-order valence-electron chi connectivity index (χ3n) is 5.53. The number of amides is 1. The summed E-state index contributed by atoms with van der Waals surface area (Å²) >= 11 is 7.43. The van der Waals surface area contributed by atoms with Crippen LogP contribution in [0.5, 0.6) is 0 Å². The fourth-order valence-corrected chi connectivity index (χ4v) is 5.14. The minimum atomic E-state index is -0.988. The highest BCUT2D eigenvalue weighted by Crippen LogP contribution is 2.33. The molecule has 11 heteroatoms. The number of hydrogen-bond acceptors (Lipinski definition) is 7. The Kier molecular flexibility index (Phi) is 6.06. The number of piperidine rings is 1. The van der Waals surface area contributed by atoms with Crippen LogP contribution >= 0.6 is 22.9 Å². The molecule has 0 radical (unpaired) electrons. The maximum atomic E-state index is 12.8. The van der Waals surface area contributed by atoms with Gasteiger partial charge in [-0.25, -0.2) is 9.78 Å². The van der Waals surface area contributed by atoms with Crippen molar-refractivity contribution in [2.45, 2.75) is 25.5 Å². The second-order valence-electron chi connectivity index (χ2n) is 7.47. The summed E-state index contributed by atoms with van der Waals surface area (Å²) in [5.41, 5.74) is 1.68. The number of aromatic nitrogens is 2. The summed E-state index contributed by atoms with van der Waals surface area (Å²) in [5, 5.41) is 22.7. The van der Waals surface area contributed by atoms with E-state index < -0.39 is 11.9 Å². The zero-order valence-electron chi connectivity index (χ0n) is 17.3. The van der Waals surface area contributed by atoms with Gasteiger partial charge in [-0.3, -0.25) is 4.79 Å². The second-order valence-corrected chi connectivity index (χ2v) is 8.83. The van der Waals surface area contributed by atoms with Gasteiger partial charge in [-0.15, -0.1) is 0 Å². The van der Waals surface area contributed by atoms with Crippen molar-refractivity contribution in [2.75, 3.05) is 25.1 Å². The Hall–Kier alpha value is -3.13. The van der Waals surface area contributed by atoms with Crippen molar-refractivity contribution >= 4 is 50.2 Å². The number of nitrogens with one attached hydrogen (secondary N) is 2. The van der Waals surface area contributed by atoms with Crippen LogP contribution in [0.1, 0.15) is 38.5 Å². The van der Waals surface area contributed by atoms with Crippen molar-refractivity contribution in [1.82, 2.24) is 15.3 Å². The number of halogens is 1. The van der Waals surface area contributed by atoms with Crippen LogP contribution < -0.4 is 10.2 Å². The molecule has 1 aliphatic heterocycles. The Labute approximate surface area is 192 Å². The van der Waals surface area contributed by atoms with Crippen molar-refractivity contribution in [3.63, 3.8) is 0 Å². The quantitative estimate of drug-likeness (QED) is 0.518. The Morgan fingerprint density at radius 2 is 2.25 bits per heavy atom. The third-order valence-corrected chi connectivity index (χ3v) is 7.17. The van der Waals surface area contributed by atoms with E-state index in [4.69, 9.17) is 16.3 Å². The minimum absolute atomic E-state index is 0.122. The number of ether oxygens (including phenoxy) is 1. The number of aromatic amines is 1. The number of aryl methyl sites for hydroxylation is 1. The van der Waals surface area contributed by atoms with E-state index in [2.05, 4.69) is 15.3 Å². The Morgan fingerprint density at radius 1 is 1.47 bits per heavy atom. The predicted octanol–water partition coefficient (Wildman–Crippen LogP) is 3.18. The summed E-state index contributed by atoms with van der Waals surface area (Å²) in [4.78, 5) is 33.8. The molecule has 1 fully saturated rings. The van der Waals surface area contributed by atoms with Crippen molar-refractivity contribution in [1.29, 1.82) is 5.26 Å². The van der Waals surface area contributed by atoms with Gasteiger partial charge in [0.2, 0.25) is 0 Å². The molecule has 0 spiro atoms. The number of hydrogen-bond donors (Lipinski definition) is 3. The molecule has 1 saturated heterocycles. The summed E-state index contributed by atoms with van der Waals surface area (Å²) in [6, 6.07) is 6.73. The number of anilines is 1. The van der Waals surface area contributed by atoms with Crippen molar-refractivity contribution in [3.8, 4) is 6.07 Å². The van der Waals surface area contributed by atoms with Crippen LogP contribution in [-0.4, -0.2) is 59.3 Å². The molecule has 2 unspecified atom stereocenters. The molecule has 3 aromatic rings. The number of H-pyrrole nitrogens is 1. The maximum absolute atomic E-state index is 12.8. The van der Waals surface area contributed by atoms with E-state index in [9.17, 15) is 20.0 Å². The molecule has 0 aliphatic carbocycles. The van der Waals surface area contributed by atoms with E-state index in [-0.39, 0.29) is 34.0 Å². The molecule has 32 heavy (non-hydrogen) atoms. The first-order valence-electron chi connectivity index (χ1n) is 9.83. The van der Waals surface area contributed by atoms with Crippen molar-refractivity contribution in [3.05, 3.63) is 45.7 Å². The molecule has 2 atom stereocenters. The lowest BCUT2D eigenvalue weighted by atomic mass is 10.0. The lowest BCUT2D eigenvalue weighted by Gasteiger charge is -2.37. The summed E-state index contributed by atoms with van der Waals surface area (Å²) in [5.74, 6) is -1.40.